The van der Waals surface area contributed by atoms with Crippen molar-refractivity contribution >= 4 is 0 Å². The number of likely N-dealkylation sites (tertiary alicyclic amines) is 1. The van der Waals surface area contributed by atoms with Gasteiger partial charge in [0.1, 0.15) is 5.75 Å². The second-order valence-corrected chi connectivity index (χ2v) is 6.35. The molecule has 1 aromatic heterocycles. The Morgan fingerprint density at radius 3 is 2.52 bits per heavy atom. The minimum absolute atomic E-state index is 0.348. The van der Waals surface area contributed by atoms with E-state index in [1.807, 2.05) is 31.2 Å². The van der Waals surface area contributed by atoms with Gasteiger partial charge in [0, 0.05) is 31.5 Å². The van der Waals surface area contributed by atoms with Crippen molar-refractivity contribution in [1.82, 2.24) is 15.0 Å². The van der Waals surface area contributed by atoms with E-state index in [1.54, 1.807) is 0 Å². The lowest BCUT2D eigenvalue weighted by atomic mass is 10.0. The molecule has 134 valence electrons. The van der Waals surface area contributed by atoms with E-state index in [-0.39, 0.29) is 5.79 Å². The molecule has 4 rings (SSSR count). The number of nitrogens with zero attached hydrogens (tertiary/aromatic N) is 3. The number of piperidine rings is 1. The first-order valence-electron chi connectivity index (χ1n) is 8.82. The fourth-order valence-corrected chi connectivity index (χ4v) is 3.33. The largest absolute Gasteiger partial charge is 0.494 e. The van der Waals surface area contributed by atoms with Gasteiger partial charge in [-0.05, 0) is 31.2 Å². The van der Waals surface area contributed by atoms with E-state index in [9.17, 15) is 0 Å². The van der Waals surface area contributed by atoms with Gasteiger partial charge in [-0.2, -0.15) is 4.98 Å². The van der Waals surface area contributed by atoms with Gasteiger partial charge in [0.15, 0.2) is 5.79 Å². The molecule has 0 N–H and O–H groups in total. The van der Waals surface area contributed by atoms with E-state index in [1.165, 1.54) is 0 Å². The minimum Gasteiger partial charge on any atom is -0.494 e. The summed E-state index contributed by atoms with van der Waals surface area (Å²) in [6.45, 7) is 6.48. The molecule has 2 aromatic rings. The molecule has 0 aliphatic carbocycles. The average Bonchev–Trinajstić information content (AvgIpc) is 3.28. The van der Waals surface area contributed by atoms with E-state index in [4.69, 9.17) is 18.7 Å². The highest BCUT2D eigenvalue weighted by atomic mass is 16.7. The molecular formula is C18H23N3O4. The van der Waals surface area contributed by atoms with Gasteiger partial charge in [-0.3, -0.25) is 4.90 Å². The predicted molar refractivity (Wildman–Crippen MR) is 90.0 cm³/mol. The normalized spacial score (nSPS) is 20.2. The second kappa shape index (κ2) is 7.11. The van der Waals surface area contributed by atoms with Crippen molar-refractivity contribution in [2.24, 2.45) is 0 Å². The molecule has 7 heteroatoms. The minimum atomic E-state index is -0.348. The topological polar surface area (TPSA) is 69.9 Å². The second-order valence-electron chi connectivity index (χ2n) is 6.35. The van der Waals surface area contributed by atoms with Gasteiger partial charge in [-0.25, -0.2) is 0 Å². The zero-order chi connectivity index (χ0) is 17.1. The molecule has 1 spiro atoms. The van der Waals surface area contributed by atoms with Crippen molar-refractivity contribution < 1.29 is 18.7 Å². The molecule has 0 unspecified atom stereocenters. The van der Waals surface area contributed by atoms with Crippen molar-refractivity contribution in [3.8, 4) is 17.1 Å². The third kappa shape index (κ3) is 3.68. The smallest absolute Gasteiger partial charge is 0.241 e. The quantitative estimate of drug-likeness (QED) is 0.824. The van der Waals surface area contributed by atoms with Gasteiger partial charge in [0.05, 0.1) is 26.4 Å². The lowest BCUT2D eigenvalue weighted by molar-refractivity contribution is -0.186. The van der Waals surface area contributed by atoms with Gasteiger partial charge < -0.3 is 18.7 Å². The number of aromatic nitrogens is 2. The standard InChI is InChI=1S/C18H23N3O4/c1-2-22-15-5-3-14(4-6-15)17-19-16(25-20-17)13-21-9-7-18(8-10-21)23-11-12-24-18/h3-6H,2,7-13H2,1H3. The van der Waals surface area contributed by atoms with Crippen LogP contribution < -0.4 is 4.74 Å². The number of rotatable bonds is 5. The summed E-state index contributed by atoms with van der Waals surface area (Å²) >= 11 is 0. The molecular weight excluding hydrogens is 322 g/mol. The zero-order valence-electron chi connectivity index (χ0n) is 14.4. The maximum absolute atomic E-state index is 5.76. The number of benzene rings is 1. The molecule has 2 saturated heterocycles. The van der Waals surface area contributed by atoms with Crippen LogP contribution in [0.15, 0.2) is 28.8 Å². The van der Waals surface area contributed by atoms with Crippen LogP contribution in [0.1, 0.15) is 25.7 Å². The lowest BCUT2D eigenvalue weighted by Crippen LogP contribution is -2.44. The summed E-state index contributed by atoms with van der Waals surface area (Å²) in [4.78, 5) is 6.81. The van der Waals surface area contributed by atoms with Gasteiger partial charge in [0.2, 0.25) is 11.7 Å². The van der Waals surface area contributed by atoms with Crippen molar-refractivity contribution in [2.45, 2.75) is 32.1 Å². The van der Waals surface area contributed by atoms with Crippen LogP contribution in [0.2, 0.25) is 0 Å². The monoisotopic (exact) mass is 345 g/mol. The van der Waals surface area contributed by atoms with Crippen molar-refractivity contribution in [1.29, 1.82) is 0 Å². The number of hydrogen-bond donors (Lipinski definition) is 0. The molecule has 2 aliphatic rings. The van der Waals surface area contributed by atoms with Crippen LogP contribution in [-0.2, 0) is 16.0 Å². The van der Waals surface area contributed by atoms with E-state index >= 15 is 0 Å². The molecule has 0 radical (unpaired) electrons. The van der Waals surface area contributed by atoms with Crippen LogP contribution in [0.5, 0.6) is 5.75 Å². The summed E-state index contributed by atoms with van der Waals surface area (Å²) in [6, 6.07) is 7.72. The molecule has 25 heavy (non-hydrogen) atoms. The summed E-state index contributed by atoms with van der Waals surface area (Å²) in [6.07, 6.45) is 1.76. The molecule has 0 atom stereocenters. The van der Waals surface area contributed by atoms with Crippen LogP contribution in [0.25, 0.3) is 11.4 Å². The Morgan fingerprint density at radius 2 is 1.84 bits per heavy atom. The van der Waals surface area contributed by atoms with Crippen LogP contribution in [-0.4, -0.2) is 53.7 Å². The highest BCUT2D eigenvalue weighted by Crippen LogP contribution is 2.31. The molecule has 2 fully saturated rings. The Labute approximate surface area is 146 Å². The molecule has 2 aliphatic heterocycles. The van der Waals surface area contributed by atoms with E-state index in [2.05, 4.69) is 15.0 Å². The highest BCUT2D eigenvalue weighted by Gasteiger charge is 2.39. The predicted octanol–water partition coefficient (Wildman–Crippen LogP) is 2.47. The van der Waals surface area contributed by atoms with E-state index in [0.717, 1.165) is 37.2 Å². The first-order chi connectivity index (χ1) is 12.3. The number of ether oxygens (including phenoxy) is 3. The Balaban J connectivity index is 1.35. The van der Waals surface area contributed by atoms with Gasteiger partial charge in [-0.15, -0.1) is 0 Å². The average molecular weight is 345 g/mol. The number of hydrogen-bond acceptors (Lipinski definition) is 7. The summed E-state index contributed by atoms with van der Waals surface area (Å²) in [7, 11) is 0. The van der Waals surface area contributed by atoms with E-state index in [0.29, 0.717) is 38.1 Å². The van der Waals surface area contributed by atoms with Crippen LogP contribution >= 0.6 is 0 Å². The summed E-state index contributed by atoms with van der Waals surface area (Å²) < 4.78 is 22.4. The van der Waals surface area contributed by atoms with Crippen LogP contribution in [0.4, 0.5) is 0 Å². The molecule has 0 saturated carbocycles. The fourth-order valence-electron chi connectivity index (χ4n) is 3.33. The molecule has 3 heterocycles. The lowest BCUT2D eigenvalue weighted by Gasteiger charge is -2.36. The van der Waals surface area contributed by atoms with Crippen LogP contribution in [0, 0.1) is 0 Å². The van der Waals surface area contributed by atoms with Crippen molar-refractivity contribution in [3.63, 3.8) is 0 Å². The Hall–Kier alpha value is -1.96. The summed E-state index contributed by atoms with van der Waals surface area (Å²) in [5, 5.41) is 4.10. The van der Waals surface area contributed by atoms with Gasteiger partial charge in [-0.1, -0.05) is 5.16 Å². The maximum atomic E-state index is 5.76. The molecule has 0 bridgehead atoms. The molecule has 0 amide bonds. The van der Waals surface area contributed by atoms with Crippen molar-refractivity contribution in [2.75, 3.05) is 32.9 Å². The van der Waals surface area contributed by atoms with E-state index < -0.39 is 0 Å². The first kappa shape index (κ1) is 16.5. The fraction of sp³-hybridized carbons (Fsp3) is 0.556. The van der Waals surface area contributed by atoms with Crippen molar-refractivity contribution in [3.05, 3.63) is 30.2 Å². The van der Waals surface area contributed by atoms with Crippen LogP contribution in [0.3, 0.4) is 0 Å². The first-order valence-corrected chi connectivity index (χ1v) is 8.82. The third-order valence-corrected chi connectivity index (χ3v) is 4.68. The van der Waals surface area contributed by atoms with Gasteiger partial charge in [0.25, 0.3) is 0 Å². The maximum Gasteiger partial charge on any atom is 0.241 e. The molecule has 1 aromatic carbocycles. The Bertz CT molecular complexity index is 685. The third-order valence-electron chi connectivity index (χ3n) is 4.68. The highest BCUT2D eigenvalue weighted by molar-refractivity contribution is 5.55. The summed E-state index contributed by atoms with van der Waals surface area (Å²) in [5.74, 6) is 1.73. The Kier molecular flexibility index (Phi) is 4.70. The Morgan fingerprint density at radius 1 is 1.12 bits per heavy atom. The van der Waals surface area contributed by atoms with Gasteiger partial charge >= 0.3 is 0 Å². The molecule has 7 nitrogen and oxygen atoms in total. The SMILES string of the molecule is CCOc1ccc(-c2noc(CN3CCC4(CC3)OCCO4)n2)cc1. The zero-order valence-corrected chi connectivity index (χ0v) is 14.4. The summed E-state index contributed by atoms with van der Waals surface area (Å²) in [5.41, 5.74) is 0.920.